The number of allylic oxidation sites excluding steroid dienone is 2. The van der Waals surface area contributed by atoms with Gasteiger partial charge in [-0.15, -0.1) is 0 Å². The molecule has 0 unspecified atom stereocenters. The molecule has 148 valence electrons. The summed E-state index contributed by atoms with van der Waals surface area (Å²) < 4.78 is 49.2. The van der Waals surface area contributed by atoms with E-state index in [9.17, 15) is 18.0 Å². The molecule has 0 bridgehead atoms. The first-order chi connectivity index (χ1) is 13.3. The number of halogens is 3. The molecule has 0 amide bonds. The van der Waals surface area contributed by atoms with Crippen molar-refractivity contribution in [2.24, 2.45) is 10.9 Å². The van der Waals surface area contributed by atoms with Gasteiger partial charge in [-0.25, -0.2) is 4.79 Å². The van der Waals surface area contributed by atoms with E-state index >= 15 is 0 Å². The molecule has 0 N–H and O–H groups in total. The summed E-state index contributed by atoms with van der Waals surface area (Å²) in [6, 6.07) is 4.56. The van der Waals surface area contributed by atoms with Crippen LogP contribution < -0.4 is 0 Å². The third-order valence-electron chi connectivity index (χ3n) is 4.48. The maximum absolute atomic E-state index is 12.7. The van der Waals surface area contributed by atoms with Crippen LogP contribution in [-0.2, 0) is 27.1 Å². The predicted molar refractivity (Wildman–Crippen MR) is 98.6 cm³/mol. The highest BCUT2D eigenvalue weighted by Crippen LogP contribution is 2.33. The van der Waals surface area contributed by atoms with Crippen molar-refractivity contribution in [3.63, 3.8) is 0 Å². The third kappa shape index (κ3) is 4.35. The molecule has 7 heteroatoms. The van der Waals surface area contributed by atoms with E-state index in [1.807, 2.05) is 25.2 Å². The average Bonchev–Trinajstić information content (AvgIpc) is 2.65. The van der Waals surface area contributed by atoms with Crippen molar-refractivity contribution in [1.82, 2.24) is 0 Å². The van der Waals surface area contributed by atoms with E-state index in [0.717, 1.165) is 17.7 Å². The molecule has 0 radical (unpaired) electrons. The van der Waals surface area contributed by atoms with Crippen LogP contribution >= 0.6 is 0 Å². The summed E-state index contributed by atoms with van der Waals surface area (Å²) in [5, 5.41) is 0. The first-order valence-corrected chi connectivity index (χ1v) is 8.89. The molecule has 1 aliphatic heterocycles. The standard InChI is InChI=1S/C21H20F3NO3/c1-3-27-20(26)17-11-25-18-9-4-13(2)10-16(18)19(17)28-12-14-5-7-15(8-6-14)21(22,23)24/h4-11,16,18H,3,12H2,1-2H3/t16-,18+/m0/s1. The zero-order chi connectivity index (χ0) is 20.3. The van der Waals surface area contributed by atoms with Crippen molar-refractivity contribution in [3.8, 4) is 0 Å². The number of dihydropyridines is 1. The van der Waals surface area contributed by atoms with Crippen LogP contribution in [0.15, 0.2) is 64.4 Å². The lowest BCUT2D eigenvalue weighted by Crippen LogP contribution is -2.29. The lowest BCUT2D eigenvalue weighted by Gasteiger charge is -2.29. The number of benzene rings is 1. The van der Waals surface area contributed by atoms with Crippen molar-refractivity contribution in [2.75, 3.05) is 6.61 Å². The number of alkyl halides is 3. The Hall–Kier alpha value is -2.83. The Kier molecular flexibility index (Phi) is 5.72. The van der Waals surface area contributed by atoms with Gasteiger partial charge < -0.3 is 9.47 Å². The summed E-state index contributed by atoms with van der Waals surface area (Å²) in [5.41, 5.74) is 1.09. The van der Waals surface area contributed by atoms with Crippen LogP contribution in [0.25, 0.3) is 0 Å². The molecule has 1 aliphatic carbocycles. The summed E-state index contributed by atoms with van der Waals surface area (Å²) in [6.07, 6.45) is 2.90. The van der Waals surface area contributed by atoms with Gasteiger partial charge in [0.2, 0.25) is 0 Å². The number of fused-ring (bicyclic) bond motifs is 1. The predicted octanol–water partition coefficient (Wildman–Crippen LogP) is 4.62. The lowest BCUT2D eigenvalue weighted by molar-refractivity contribution is -0.138. The molecular weight excluding hydrogens is 371 g/mol. The van der Waals surface area contributed by atoms with Gasteiger partial charge >= 0.3 is 12.1 Å². The van der Waals surface area contributed by atoms with Gasteiger partial charge in [0.15, 0.2) is 0 Å². The number of rotatable bonds is 5. The number of hydrogen-bond acceptors (Lipinski definition) is 4. The highest BCUT2D eigenvalue weighted by molar-refractivity contribution is 6.10. The average molecular weight is 391 g/mol. The van der Waals surface area contributed by atoms with E-state index in [-0.39, 0.29) is 30.7 Å². The Balaban J connectivity index is 1.85. The monoisotopic (exact) mass is 391 g/mol. The molecule has 1 aromatic carbocycles. The SMILES string of the molecule is CCOC(=O)C1=C(OCc2ccc(C(F)(F)F)cc2)[C@H]2C=C(C)C=C[C@H]2N=C1. The molecule has 0 aromatic heterocycles. The van der Waals surface area contributed by atoms with E-state index in [4.69, 9.17) is 9.47 Å². The highest BCUT2D eigenvalue weighted by atomic mass is 19.4. The minimum Gasteiger partial charge on any atom is -0.492 e. The van der Waals surface area contributed by atoms with Gasteiger partial charge in [0.25, 0.3) is 0 Å². The van der Waals surface area contributed by atoms with Crippen LogP contribution in [0.2, 0.25) is 0 Å². The van der Waals surface area contributed by atoms with Crippen molar-refractivity contribution in [3.05, 3.63) is 70.5 Å². The quantitative estimate of drug-likeness (QED) is 0.688. The molecule has 1 heterocycles. The van der Waals surface area contributed by atoms with E-state index in [1.165, 1.54) is 18.3 Å². The van der Waals surface area contributed by atoms with Crippen LogP contribution in [0.3, 0.4) is 0 Å². The fraction of sp³-hybridized carbons (Fsp3) is 0.333. The van der Waals surface area contributed by atoms with Crippen LogP contribution in [0.4, 0.5) is 13.2 Å². The summed E-state index contributed by atoms with van der Waals surface area (Å²) in [4.78, 5) is 16.7. The van der Waals surface area contributed by atoms with E-state index < -0.39 is 17.7 Å². The zero-order valence-electron chi connectivity index (χ0n) is 15.5. The lowest BCUT2D eigenvalue weighted by atomic mass is 9.87. The van der Waals surface area contributed by atoms with Crippen LogP contribution in [0.1, 0.15) is 25.0 Å². The van der Waals surface area contributed by atoms with Gasteiger partial charge in [0.1, 0.15) is 17.9 Å². The molecule has 28 heavy (non-hydrogen) atoms. The van der Waals surface area contributed by atoms with Gasteiger partial charge in [-0.3, -0.25) is 4.99 Å². The van der Waals surface area contributed by atoms with Gasteiger partial charge in [-0.1, -0.05) is 35.9 Å². The van der Waals surface area contributed by atoms with E-state index in [2.05, 4.69) is 4.99 Å². The zero-order valence-corrected chi connectivity index (χ0v) is 15.5. The molecule has 2 aliphatic rings. The van der Waals surface area contributed by atoms with Crippen molar-refractivity contribution < 1.29 is 27.4 Å². The molecule has 0 fully saturated rings. The Labute approximate surface area is 161 Å². The van der Waals surface area contributed by atoms with E-state index in [1.54, 1.807) is 6.92 Å². The smallest absolute Gasteiger partial charge is 0.416 e. The Morgan fingerprint density at radius 1 is 1.21 bits per heavy atom. The fourth-order valence-electron chi connectivity index (χ4n) is 3.07. The number of carbonyl (C=O) groups excluding carboxylic acids is 1. The summed E-state index contributed by atoms with van der Waals surface area (Å²) in [7, 11) is 0. The van der Waals surface area contributed by atoms with E-state index in [0.29, 0.717) is 11.3 Å². The molecular formula is C21H20F3NO3. The third-order valence-corrected chi connectivity index (χ3v) is 4.48. The van der Waals surface area contributed by atoms with Gasteiger partial charge in [-0.2, -0.15) is 13.2 Å². The molecule has 1 aromatic rings. The fourth-order valence-corrected chi connectivity index (χ4v) is 3.07. The van der Waals surface area contributed by atoms with Crippen LogP contribution in [0.5, 0.6) is 0 Å². The molecule has 3 rings (SSSR count). The van der Waals surface area contributed by atoms with Crippen molar-refractivity contribution in [1.29, 1.82) is 0 Å². The second kappa shape index (κ2) is 8.04. The van der Waals surface area contributed by atoms with Gasteiger partial charge in [0.05, 0.1) is 24.1 Å². The molecule has 2 atom stereocenters. The Bertz CT molecular complexity index is 864. The first-order valence-electron chi connectivity index (χ1n) is 8.89. The largest absolute Gasteiger partial charge is 0.492 e. The normalized spacial score (nSPS) is 21.2. The first kappa shape index (κ1) is 19.9. The van der Waals surface area contributed by atoms with Gasteiger partial charge in [-0.05, 0) is 31.5 Å². The second-order valence-corrected chi connectivity index (χ2v) is 6.55. The second-order valence-electron chi connectivity index (χ2n) is 6.55. The number of hydrogen-bond donors (Lipinski definition) is 0. The number of ether oxygens (including phenoxy) is 2. The van der Waals surface area contributed by atoms with Crippen LogP contribution in [-0.4, -0.2) is 24.8 Å². The Morgan fingerprint density at radius 3 is 2.57 bits per heavy atom. The molecule has 0 spiro atoms. The summed E-state index contributed by atoms with van der Waals surface area (Å²) in [6.45, 7) is 3.88. The number of esters is 1. The summed E-state index contributed by atoms with van der Waals surface area (Å²) in [5.74, 6) is -0.376. The van der Waals surface area contributed by atoms with Gasteiger partial charge in [0, 0.05) is 6.21 Å². The minimum absolute atomic E-state index is 0.0318. The summed E-state index contributed by atoms with van der Waals surface area (Å²) >= 11 is 0. The number of nitrogens with zero attached hydrogens (tertiary/aromatic N) is 1. The minimum atomic E-state index is -4.39. The van der Waals surface area contributed by atoms with Crippen molar-refractivity contribution in [2.45, 2.75) is 32.7 Å². The van der Waals surface area contributed by atoms with Crippen LogP contribution in [0, 0.1) is 5.92 Å². The maximum Gasteiger partial charge on any atom is 0.416 e. The Morgan fingerprint density at radius 2 is 1.93 bits per heavy atom. The highest BCUT2D eigenvalue weighted by Gasteiger charge is 2.33. The molecule has 0 saturated heterocycles. The number of aliphatic imine (C=N–C) groups is 1. The molecule has 4 nitrogen and oxygen atoms in total. The number of carbonyl (C=O) groups is 1. The van der Waals surface area contributed by atoms with Crippen molar-refractivity contribution >= 4 is 12.2 Å². The molecule has 0 saturated carbocycles. The topological polar surface area (TPSA) is 47.9 Å². The maximum atomic E-state index is 12.7.